The Hall–Kier alpha value is -1.47. The highest BCUT2D eigenvalue weighted by atomic mass is 35.5. The molecule has 2 N–H and O–H groups in total. The predicted octanol–water partition coefficient (Wildman–Crippen LogP) is 3.57. The van der Waals surface area contributed by atoms with Crippen LogP contribution in [0.2, 0.25) is 0 Å². The summed E-state index contributed by atoms with van der Waals surface area (Å²) in [7, 11) is 0. The van der Waals surface area contributed by atoms with Crippen LogP contribution in [0.5, 0.6) is 5.75 Å². The minimum atomic E-state index is -3.08. The Balaban J connectivity index is 0.00000264. The number of hydrogen-bond acceptors (Lipinski definition) is 3. The van der Waals surface area contributed by atoms with Crippen molar-refractivity contribution in [3.63, 3.8) is 0 Å². The number of amides is 1. The average molecular weight is 353 g/mol. The smallest absolute Gasteiger partial charge is 0.387 e. The van der Waals surface area contributed by atoms with Crippen LogP contribution in [0.15, 0.2) is 18.2 Å². The molecule has 130 valence electrons. The van der Waals surface area contributed by atoms with Crippen LogP contribution in [-0.4, -0.2) is 25.6 Å². The second kappa shape index (κ2) is 9.62. The van der Waals surface area contributed by atoms with Crippen molar-refractivity contribution < 1.29 is 22.7 Å². The minimum Gasteiger partial charge on any atom is -0.432 e. The van der Waals surface area contributed by atoms with E-state index >= 15 is 0 Å². The summed E-state index contributed by atoms with van der Waals surface area (Å²) < 4.78 is 41.9. The zero-order valence-corrected chi connectivity index (χ0v) is 13.3. The number of carbonyl (C=O) groups excluding carboxylic acids is 1. The molecule has 1 aromatic carbocycles. The maximum absolute atomic E-state index is 13.1. The van der Waals surface area contributed by atoms with Gasteiger partial charge >= 0.3 is 6.61 Å². The Labute approximate surface area is 139 Å². The minimum absolute atomic E-state index is 0. The van der Waals surface area contributed by atoms with Gasteiger partial charge in [0, 0.05) is 12.5 Å². The third kappa shape index (κ3) is 6.66. The largest absolute Gasteiger partial charge is 0.432 e. The molecule has 8 heteroatoms. The van der Waals surface area contributed by atoms with Crippen LogP contribution in [0.1, 0.15) is 25.7 Å². The first kappa shape index (κ1) is 19.6. The lowest BCUT2D eigenvalue weighted by atomic mass is 9.93. The maximum Gasteiger partial charge on any atom is 0.387 e. The summed E-state index contributed by atoms with van der Waals surface area (Å²) in [5.74, 6) is -0.866. The molecular formula is C15H20ClF3N2O2. The SMILES string of the molecule is Cl.O=C(CCC1CCNCC1)Nc1ccc(F)cc1OC(F)F. The fourth-order valence-electron chi connectivity index (χ4n) is 2.51. The monoisotopic (exact) mass is 352 g/mol. The van der Waals surface area contributed by atoms with Crippen molar-refractivity contribution in [2.75, 3.05) is 18.4 Å². The van der Waals surface area contributed by atoms with E-state index in [0.717, 1.165) is 44.5 Å². The van der Waals surface area contributed by atoms with Gasteiger partial charge in [0.15, 0.2) is 5.75 Å². The number of rotatable bonds is 6. The number of ether oxygens (including phenoxy) is 1. The third-order valence-electron chi connectivity index (χ3n) is 3.67. The summed E-state index contributed by atoms with van der Waals surface area (Å²) in [4.78, 5) is 11.9. The summed E-state index contributed by atoms with van der Waals surface area (Å²) in [5.41, 5.74) is 0.0528. The number of nitrogens with one attached hydrogen (secondary N) is 2. The molecule has 2 rings (SSSR count). The molecule has 4 nitrogen and oxygen atoms in total. The number of hydrogen-bond donors (Lipinski definition) is 2. The van der Waals surface area contributed by atoms with Gasteiger partial charge in [-0.1, -0.05) is 0 Å². The Morgan fingerprint density at radius 1 is 1.35 bits per heavy atom. The van der Waals surface area contributed by atoms with Gasteiger partial charge in [-0.3, -0.25) is 4.79 Å². The van der Waals surface area contributed by atoms with Crippen molar-refractivity contribution in [1.82, 2.24) is 5.32 Å². The van der Waals surface area contributed by atoms with Crippen molar-refractivity contribution in [3.05, 3.63) is 24.0 Å². The number of halogens is 4. The Kier molecular flexibility index (Phi) is 8.19. The van der Waals surface area contributed by atoms with Crippen molar-refractivity contribution in [1.29, 1.82) is 0 Å². The van der Waals surface area contributed by atoms with E-state index in [-0.39, 0.29) is 29.8 Å². The number of anilines is 1. The molecule has 0 saturated carbocycles. The van der Waals surface area contributed by atoms with Gasteiger partial charge in [-0.2, -0.15) is 8.78 Å². The molecular weight excluding hydrogens is 333 g/mol. The molecule has 1 aromatic rings. The average Bonchev–Trinajstić information content (AvgIpc) is 2.48. The molecule has 1 aliphatic heterocycles. The van der Waals surface area contributed by atoms with Gasteiger partial charge in [0.25, 0.3) is 0 Å². The summed E-state index contributed by atoms with van der Waals surface area (Å²) in [5, 5.41) is 5.75. The predicted molar refractivity (Wildman–Crippen MR) is 83.7 cm³/mol. The van der Waals surface area contributed by atoms with Gasteiger partial charge in [-0.15, -0.1) is 12.4 Å². The lowest BCUT2D eigenvalue weighted by Gasteiger charge is -2.22. The van der Waals surface area contributed by atoms with Crippen LogP contribution in [0.25, 0.3) is 0 Å². The van der Waals surface area contributed by atoms with Gasteiger partial charge < -0.3 is 15.4 Å². The van der Waals surface area contributed by atoms with Crippen molar-refractivity contribution in [3.8, 4) is 5.75 Å². The normalized spacial score (nSPS) is 15.1. The molecule has 1 fully saturated rings. The van der Waals surface area contributed by atoms with E-state index in [2.05, 4.69) is 15.4 Å². The molecule has 1 saturated heterocycles. The number of alkyl halides is 2. The lowest BCUT2D eigenvalue weighted by molar-refractivity contribution is -0.116. The molecule has 1 heterocycles. The fraction of sp³-hybridized carbons (Fsp3) is 0.533. The van der Waals surface area contributed by atoms with Gasteiger partial charge in [-0.05, 0) is 50.4 Å². The molecule has 1 amide bonds. The standard InChI is InChI=1S/C15H19F3N2O2.ClH/c16-11-2-3-12(13(9-11)22-15(17)18)20-14(21)4-1-10-5-7-19-8-6-10;/h2-3,9-10,15,19H,1,4-8H2,(H,20,21);1H. The van der Waals surface area contributed by atoms with Crippen molar-refractivity contribution in [2.24, 2.45) is 5.92 Å². The van der Waals surface area contributed by atoms with E-state index in [1.54, 1.807) is 0 Å². The summed E-state index contributed by atoms with van der Waals surface area (Å²) in [6, 6.07) is 3.13. The van der Waals surface area contributed by atoms with Crippen LogP contribution in [0, 0.1) is 11.7 Å². The molecule has 23 heavy (non-hydrogen) atoms. The molecule has 0 bridgehead atoms. The molecule has 0 spiro atoms. The summed E-state index contributed by atoms with van der Waals surface area (Å²) >= 11 is 0. The quantitative estimate of drug-likeness (QED) is 0.823. The third-order valence-corrected chi connectivity index (χ3v) is 3.67. The van der Waals surface area contributed by atoms with Gasteiger partial charge in [0.1, 0.15) is 5.82 Å². The zero-order valence-electron chi connectivity index (χ0n) is 12.5. The zero-order chi connectivity index (χ0) is 15.9. The molecule has 0 unspecified atom stereocenters. The van der Waals surface area contributed by atoms with Crippen molar-refractivity contribution in [2.45, 2.75) is 32.3 Å². The Bertz CT molecular complexity index is 511. The summed E-state index contributed by atoms with van der Waals surface area (Å²) in [6.07, 6.45) is 3.11. The van der Waals surface area contributed by atoms with Crippen LogP contribution < -0.4 is 15.4 Å². The molecule has 0 aromatic heterocycles. The van der Waals surface area contributed by atoms with E-state index in [9.17, 15) is 18.0 Å². The van der Waals surface area contributed by atoms with Crippen LogP contribution >= 0.6 is 12.4 Å². The highest BCUT2D eigenvalue weighted by molar-refractivity contribution is 5.92. The fourth-order valence-corrected chi connectivity index (χ4v) is 2.51. The number of piperidine rings is 1. The maximum atomic E-state index is 13.1. The van der Waals surface area contributed by atoms with E-state index in [0.29, 0.717) is 12.3 Å². The first-order valence-corrected chi connectivity index (χ1v) is 7.29. The molecule has 0 aliphatic carbocycles. The van der Waals surface area contributed by atoms with Gasteiger partial charge in [0.05, 0.1) is 5.69 Å². The second-order valence-corrected chi connectivity index (χ2v) is 5.30. The van der Waals surface area contributed by atoms with Gasteiger partial charge in [0.2, 0.25) is 5.91 Å². The summed E-state index contributed by atoms with van der Waals surface area (Å²) in [6.45, 7) is -1.17. The van der Waals surface area contributed by atoms with E-state index in [1.807, 2.05) is 0 Å². The van der Waals surface area contributed by atoms with Gasteiger partial charge in [-0.25, -0.2) is 4.39 Å². The molecule has 0 atom stereocenters. The van der Waals surface area contributed by atoms with Crippen LogP contribution in [0.3, 0.4) is 0 Å². The molecule has 1 aliphatic rings. The Morgan fingerprint density at radius 3 is 2.70 bits per heavy atom. The highest BCUT2D eigenvalue weighted by Crippen LogP contribution is 2.27. The second-order valence-electron chi connectivity index (χ2n) is 5.30. The molecule has 0 radical (unpaired) electrons. The van der Waals surface area contributed by atoms with Crippen LogP contribution in [0.4, 0.5) is 18.9 Å². The highest BCUT2D eigenvalue weighted by Gasteiger charge is 2.16. The number of carbonyl (C=O) groups is 1. The van der Waals surface area contributed by atoms with E-state index < -0.39 is 12.4 Å². The number of benzene rings is 1. The lowest BCUT2D eigenvalue weighted by Crippen LogP contribution is -2.28. The first-order valence-electron chi connectivity index (χ1n) is 7.29. The first-order chi connectivity index (χ1) is 10.5. The van der Waals surface area contributed by atoms with E-state index in [1.165, 1.54) is 6.07 Å². The van der Waals surface area contributed by atoms with Crippen LogP contribution in [-0.2, 0) is 4.79 Å². The topological polar surface area (TPSA) is 50.4 Å². The Morgan fingerprint density at radius 2 is 2.04 bits per heavy atom. The van der Waals surface area contributed by atoms with Crippen molar-refractivity contribution >= 4 is 24.0 Å². The van der Waals surface area contributed by atoms with E-state index in [4.69, 9.17) is 0 Å².